The fourth-order valence-corrected chi connectivity index (χ4v) is 2.81. The van der Waals surface area contributed by atoms with Crippen LogP contribution in [0.15, 0.2) is 60.7 Å². The number of benzene rings is 2. The number of rotatable bonds is 4. The molecule has 0 saturated carbocycles. The van der Waals surface area contributed by atoms with Gasteiger partial charge in [-0.2, -0.15) is 0 Å². The van der Waals surface area contributed by atoms with E-state index < -0.39 is 4.92 Å². The molecule has 0 radical (unpaired) electrons. The van der Waals surface area contributed by atoms with Gasteiger partial charge < -0.3 is 9.80 Å². The Balaban J connectivity index is 1.55. The number of piperazine rings is 1. The van der Waals surface area contributed by atoms with Crippen LogP contribution in [0.4, 0.5) is 11.4 Å². The summed E-state index contributed by atoms with van der Waals surface area (Å²) in [6, 6.07) is 16.3. The highest BCUT2D eigenvalue weighted by Gasteiger charge is 2.20. The predicted molar refractivity (Wildman–Crippen MR) is 97.4 cm³/mol. The highest BCUT2D eigenvalue weighted by molar-refractivity contribution is 5.92. The number of amides is 1. The third-order valence-corrected chi connectivity index (χ3v) is 4.23. The van der Waals surface area contributed by atoms with Crippen LogP contribution in [-0.4, -0.2) is 41.9 Å². The van der Waals surface area contributed by atoms with E-state index in [2.05, 4.69) is 4.90 Å². The number of hydrogen-bond acceptors (Lipinski definition) is 4. The van der Waals surface area contributed by atoms with Crippen LogP contribution < -0.4 is 4.90 Å². The van der Waals surface area contributed by atoms with Crippen molar-refractivity contribution in [2.75, 3.05) is 31.1 Å². The lowest BCUT2D eigenvalue weighted by molar-refractivity contribution is -0.384. The normalized spacial score (nSPS) is 14.7. The molecular weight excluding hydrogens is 318 g/mol. The number of nitrogens with zero attached hydrogens (tertiary/aromatic N) is 3. The maximum Gasteiger partial charge on any atom is 0.269 e. The standard InChI is InChI=1S/C19H19N3O3/c23-19(11-6-16-4-2-1-3-5-16)21-14-12-20(13-15-21)17-7-9-18(10-8-17)22(24)25/h1-11H,12-15H2. The monoisotopic (exact) mass is 337 g/mol. The Morgan fingerprint density at radius 3 is 2.20 bits per heavy atom. The van der Waals surface area contributed by atoms with Crippen molar-refractivity contribution in [2.24, 2.45) is 0 Å². The minimum absolute atomic E-state index is 0.00667. The first-order valence-corrected chi connectivity index (χ1v) is 8.15. The first kappa shape index (κ1) is 16.7. The van der Waals surface area contributed by atoms with Crippen LogP contribution in [0.25, 0.3) is 6.08 Å². The van der Waals surface area contributed by atoms with Gasteiger partial charge in [-0.05, 0) is 23.8 Å². The van der Waals surface area contributed by atoms with Crippen LogP contribution in [0, 0.1) is 10.1 Å². The molecule has 1 fully saturated rings. The second kappa shape index (κ2) is 7.61. The molecule has 0 atom stereocenters. The summed E-state index contributed by atoms with van der Waals surface area (Å²) in [5, 5.41) is 10.7. The largest absolute Gasteiger partial charge is 0.368 e. The lowest BCUT2D eigenvalue weighted by Gasteiger charge is -2.35. The van der Waals surface area contributed by atoms with Gasteiger partial charge in [-0.25, -0.2) is 0 Å². The van der Waals surface area contributed by atoms with Crippen LogP contribution in [0.1, 0.15) is 5.56 Å². The van der Waals surface area contributed by atoms with Crippen molar-refractivity contribution in [2.45, 2.75) is 0 Å². The Hall–Kier alpha value is -3.15. The summed E-state index contributed by atoms with van der Waals surface area (Å²) in [5.41, 5.74) is 2.03. The highest BCUT2D eigenvalue weighted by Crippen LogP contribution is 2.20. The minimum Gasteiger partial charge on any atom is -0.368 e. The Morgan fingerprint density at radius 1 is 0.960 bits per heavy atom. The van der Waals surface area contributed by atoms with E-state index >= 15 is 0 Å². The molecule has 0 aromatic heterocycles. The van der Waals surface area contributed by atoms with Gasteiger partial charge in [0, 0.05) is 50.1 Å². The molecule has 1 saturated heterocycles. The molecule has 1 aliphatic heterocycles. The SMILES string of the molecule is O=C(C=Cc1ccccc1)N1CCN(c2ccc([N+](=O)[O-])cc2)CC1. The smallest absolute Gasteiger partial charge is 0.269 e. The van der Waals surface area contributed by atoms with E-state index in [-0.39, 0.29) is 11.6 Å². The lowest BCUT2D eigenvalue weighted by Crippen LogP contribution is -2.48. The van der Waals surface area contributed by atoms with Crippen LogP contribution in [0.5, 0.6) is 0 Å². The predicted octanol–water partition coefficient (Wildman–Crippen LogP) is 2.96. The molecule has 0 unspecified atom stereocenters. The lowest BCUT2D eigenvalue weighted by atomic mass is 10.2. The van der Waals surface area contributed by atoms with Gasteiger partial charge >= 0.3 is 0 Å². The first-order chi connectivity index (χ1) is 12.1. The molecule has 1 amide bonds. The zero-order chi connectivity index (χ0) is 17.6. The van der Waals surface area contributed by atoms with Gasteiger partial charge in [-0.3, -0.25) is 14.9 Å². The number of nitro benzene ring substituents is 1. The van der Waals surface area contributed by atoms with Gasteiger partial charge in [0.1, 0.15) is 0 Å². The summed E-state index contributed by atoms with van der Waals surface area (Å²) < 4.78 is 0. The van der Waals surface area contributed by atoms with Crippen molar-refractivity contribution in [1.29, 1.82) is 0 Å². The van der Waals surface area contributed by atoms with E-state index in [1.54, 1.807) is 18.2 Å². The molecule has 1 heterocycles. The summed E-state index contributed by atoms with van der Waals surface area (Å²) in [4.78, 5) is 26.5. The topological polar surface area (TPSA) is 66.7 Å². The summed E-state index contributed by atoms with van der Waals surface area (Å²) in [6.45, 7) is 2.69. The molecule has 0 spiro atoms. The van der Waals surface area contributed by atoms with Gasteiger partial charge in [-0.15, -0.1) is 0 Å². The van der Waals surface area contributed by atoms with Crippen molar-refractivity contribution in [1.82, 2.24) is 4.90 Å². The molecule has 1 aliphatic rings. The maximum atomic E-state index is 12.3. The summed E-state index contributed by atoms with van der Waals surface area (Å²) in [5.74, 6) is 0.00667. The number of hydrogen-bond donors (Lipinski definition) is 0. The van der Waals surface area contributed by atoms with Gasteiger partial charge in [0.05, 0.1) is 4.92 Å². The Labute approximate surface area is 146 Å². The second-order valence-electron chi connectivity index (χ2n) is 5.83. The third kappa shape index (κ3) is 4.23. The van der Waals surface area contributed by atoms with Crippen molar-refractivity contribution in [3.05, 3.63) is 76.4 Å². The molecule has 0 aliphatic carbocycles. The van der Waals surface area contributed by atoms with Crippen molar-refractivity contribution >= 4 is 23.4 Å². The van der Waals surface area contributed by atoms with Gasteiger partial charge in [-0.1, -0.05) is 30.3 Å². The highest BCUT2D eigenvalue weighted by atomic mass is 16.6. The van der Waals surface area contributed by atoms with E-state index in [1.165, 1.54) is 12.1 Å². The molecule has 0 bridgehead atoms. The third-order valence-electron chi connectivity index (χ3n) is 4.23. The number of carbonyl (C=O) groups is 1. The molecule has 3 rings (SSSR count). The van der Waals surface area contributed by atoms with Crippen LogP contribution in [0.2, 0.25) is 0 Å². The molecular formula is C19H19N3O3. The van der Waals surface area contributed by atoms with E-state index in [9.17, 15) is 14.9 Å². The quantitative estimate of drug-likeness (QED) is 0.489. The summed E-state index contributed by atoms with van der Waals surface area (Å²) in [6.07, 6.45) is 3.43. The zero-order valence-electron chi connectivity index (χ0n) is 13.7. The van der Waals surface area contributed by atoms with E-state index in [1.807, 2.05) is 41.3 Å². The molecule has 2 aromatic carbocycles. The molecule has 6 heteroatoms. The average Bonchev–Trinajstić information content (AvgIpc) is 2.67. The number of nitro groups is 1. The Kier molecular flexibility index (Phi) is 5.09. The number of non-ortho nitro benzene ring substituents is 1. The average molecular weight is 337 g/mol. The molecule has 128 valence electrons. The van der Waals surface area contributed by atoms with Gasteiger partial charge in [0.2, 0.25) is 5.91 Å². The van der Waals surface area contributed by atoms with Gasteiger partial charge in [0.25, 0.3) is 5.69 Å². The van der Waals surface area contributed by atoms with Crippen molar-refractivity contribution < 1.29 is 9.72 Å². The summed E-state index contributed by atoms with van der Waals surface area (Å²) in [7, 11) is 0. The van der Waals surface area contributed by atoms with Crippen LogP contribution in [-0.2, 0) is 4.79 Å². The molecule has 0 N–H and O–H groups in total. The number of anilines is 1. The number of carbonyl (C=O) groups excluding carboxylic acids is 1. The van der Waals surface area contributed by atoms with E-state index in [0.29, 0.717) is 26.2 Å². The minimum atomic E-state index is -0.403. The second-order valence-corrected chi connectivity index (χ2v) is 5.83. The Morgan fingerprint density at radius 2 is 1.60 bits per heavy atom. The Bertz CT molecular complexity index is 764. The molecule has 25 heavy (non-hydrogen) atoms. The molecule has 6 nitrogen and oxygen atoms in total. The van der Waals surface area contributed by atoms with E-state index in [0.717, 1.165) is 11.3 Å². The maximum absolute atomic E-state index is 12.3. The first-order valence-electron chi connectivity index (χ1n) is 8.15. The van der Waals surface area contributed by atoms with Crippen molar-refractivity contribution in [3.63, 3.8) is 0 Å². The fraction of sp³-hybridized carbons (Fsp3) is 0.211. The fourth-order valence-electron chi connectivity index (χ4n) is 2.81. The van der Waals surface area contributed by atoms with Gasteiger partial charge in [0.15, 0.2) is 0 Å². The van der Waals surface area contributed by atoms with Crippen LogP contribution >= 0.6 is 0 Å². The van der Waals surface area contributed by atoms with E-state index in [4.69, 9.17) is 0 Å². The zero-order valence-corrected chi connectivity index (χ0v) is 13.7. The molecule has 2 aromatic rings. The summed E-state index contributed by atoms with van der Waals surface area (Å²) >= 11 is 0. The van der Waals surface area contributed by atoms with Crippen LogP contribution in [0.3, 0.4) is 0 Å². The van der Waals surface area contributed by atoms with Crippen molar-refractivity contribution in [3.8, 4) is 0 Å².